The SMILES string of the molecule is Cc1nn(-c2ccccc2)c(C)c1CNC(=O)N1CCN(c2ccccn2)CC1. The van der Waals surface area contributed by atoms with Gasteiger partial charge in [0.05, 0.1) is 11.4 Å². The number of anilines is 1. The van der Waals surface area contributed by atoms with E-state index in [4.69, 9.17) is 0 Å². The van der Waals surface area contributed by atoms with Crippen molar-refractivity contribution in [3.05, 3.63) is 71.7 Å². The third-order valence-electron chi connectivity index (χ3n) is 5.40. The number of carbonyl (C=O) groups excluding carboxylic acids is 1. The first kappa shape index (κ1) is 19.0. The summed E-state index contributed by atoms with van der Waals surface area (Å²) in [5, 5.41) is 7.72. The molecule has 1 aliphatic heterocycles. The van der Waals surface area contributed by atoms with Gasteiger partial charge in [0.15, 0.2) is 0 Å². The number of rotatable bonds is 4. The van der Waals surface area contributed by atoms with Crippen LogP contribution in [0.4, 0.5) is 10.6 Å². The Morgan fingerprint density at radius 2 is 1.72 bits per heavy atom. The van der Waals surface area contributed by atoms with Gasteiger partial charge in [0.25, 0.3) is 0 Å². The van der Waals surface area contributed by atoms with Crippen molar-refractivity contribution >= 4 is 11.8 Å². The Morgan fingerprint density at radius 1 is 1.00 bits per heavy atom. The van der Waals surface area contributed by atoms with Crippen LogP contribution in [-0.2, 0) is 6.54 Å². The molecule has 0 atom stereocenters. The summed E-state index contributed by atoms with van der Waals surface area (Å²) in [7, 11) is 0. The number of carbonyl (C=O) groups is 1. The first-order valence-electron chi connectivity index (χ1n) is 9.93. The molecule has 4 rings (SSSR count). The topological polar surface area (TPSA) is 66.3 Å². The number of hydrogen-bond acceptors (Lipinski definition) is 4. The molecule has 1 fully saturated rings. The van der Waals surface area contributed by atoms with E-state index < -0.39 is 0 Å². The van der Waals surface area contributed by atoms with Crippen LogP contribution in [0.25, 0.3) is 5.69 Å². The fraction of sp³-hybridized carbons (Fsp3) is 0.318. The van der Waals surface area contributed by atoms with Gasteiger partial charge >= 0.3 is 6.03 Å². The highest BCUT2D eigenvalue weighted by molar-refractivity contribution is 5.74. The van der Waals surface area contributed by atoms with Gasteiger partial charge in [0.1, 0.15) is 5.82 Å². The van der Waals surface area contributed by atoms with Crippen LogP contribution in [0, 0.1) is 13.8 Å². The van der Waals surface area contributed by atoms with E-state index in [1.807, 2.05) is 72.0 Å². The zero-order valence-electron chi connectivity index (χ0n) is 16.9. The van der Waals surface area contributed by atoms with E-state index in [0.29, 0.717) is 19.6 Å². The molecule has 0 spiro atoms. The normalized spacial score (nSPS) is 14.1. The van der Waals surface area contributed by atoms with Crippen molar-refractivity contribution in [3.8, 4) is 5.69 Å². The number of nitrogens with zero attached hydrogens (tertiary/aromatic N) is 5. The smallest absolute Gasteiger partial charge is 0.317 e. The van der Waals surface area contributed by atoms with Gasteiger partial charge in [-0.25, -0.2) is 14.5 Å². The van der Waals surface area contributed by atoms with Crippen LogP contribution in [0.1, 0.15) is 17.0 Å². The molecule has 150 valence electrons. The minimum absolute atomic E-state index is 0.0306. The fourth-order valence-electron chi connectivity index (χ4n) is 3.71. The summed E-state index contributed by atoms with van der Waals surface area (Å²) in [4.78, 5) is 21.1. The standard InChI is InChI=1S/C22H26N6O/c1-17-20(18(2)28(25-17)19-8-4-3-5-9-19)16-24-22(29)27-14-12-26(13-15-27)21-10-6-7-11-23-21/h3-11H,12-16H2,1-2H3,(H,24,29). The highest BCUT2D eigenvalue weighted by Gasteiger charge is 2.22. The van der Waals surface area contributed by atoms with Crippen LogP contribution in [0.15, 0.2) is 54.7 Å². The molecule has 29 heavy (non-hydrogen) atoms. The zero-order chi connectivity index (χ0) is 20.2. The van der Waals surface area contributed by atoms with Gasteiger partial charge in [-0.1, -0.05) is 24.3 Å². The number of hydrogen-bond donors (Lipinski definition) is 1. The number of para-hydroxylation sites is 1. The molecular weight excluding hydrogens is 364 g/mol. The second-order valence-corrected chi connectivity index (χ2v) is 7.22. The van der Waals surface area contributed by atoms with Gasteiger partial charge in [-0.2, -0.15) is 5.10 Å². The molecule has 0 unspecified atom stereocenters. The molecule has 7 nitrogen and oxygen atoms in total. The van der Waals surface area contributed by atoms with Crippen LogP contribution < -0.4 is 10.2 Å². The van der Waals surface area contributed by atoms with E-state index in [-0.39, 0.29) is 6.03 Å². The summed E-state index contributed by atoms with van der Waals surface area (Å²) < 4.78 is 1.93. The van der Waals surface area contributed by atoms with E-state index in [1.54, 1.807) is 6.20 Å². The number of nitrogens with one attached hydrogen (secondary N) is 1. The molecule has 1 N–H and O–H groups in total. The third kappa shape index (κ3) is 4.08. The van der Waals surface area contributed by atoms with Crippen molar-refractivity contribution in [2.45, 2.75) is 20.4 Å². The predicted octanol–water partition coefficient (Wildman–Crippen LogP) is 2.92. The lowest BCUT2D eigenvalue weighted by Crippen LogP contribution is -2.51. The summed E-state index contributed by atoms with van der Waals surface area (Å²) >= 11 is 0. The Labute approximate surface area is 171 Å². The third-order valence-corrected chi connectivity index (χ3v) is 5.40. The van der Waals surface area contributed by atoms with Crippen LogP contribution in [0.3, 0.4) is 0 Å². The summed E-state index contributed by atoms with van der Waals surface area (Å²) in [6.45, 7) is 7.44. The Balaban J connectivity index is 1.35. The van der Waals surface area contributed by atoms with E-state index in [2.05, 4.69) is 20.3 Å². The first-order valence-corrected chi connectivity index (χ1v) is 9.93. The number of aryl methyl sites for hydroxylation is 1. The van der Waals surface area contributed by atoms with Gasteiger partial charge in [-0.3, -0.25) is 0 Å². The molecule has 0 bridgehead atoms. The van der Waals surface area contributed by atoms with Crippen molar-refractivity contribution in [1.82, 2.24) is 25.0 Å². The molecule has 0 radical (unpaired) electrons. The summed E-state index contributed by atoms with van der Waals surface area (Å²) in [5.74, 6) is 0.965. The molecule has 3 aromatic rings. The average Bonchev–Trinajstić information content (AvgIpc) is 3.07. The van der Waals surface area contributed by atoms with E-state index in [1.165, 1.54) is 0 Å². The van der Waals surface area contributed by atoms with Crippen LogP contribution in [0.5, 0.6) is 0 Å². The number of urea groups is 1. The lowest BCUT2D eigenvalue weighted by atomic mass is 10.2. The number of piperazine rings is 1. The fourth-order valence-corrected chi connectivity index (χ4v) is 3.71. The molecule has 0 aliphatic carbocycles. The number of pyridine rings is 1. The minimum atomic E-state index is -0.0306. The lowest BCUT2D eigenvalue weighted by Gasteiger charge is -2.35. The molecule has 2 amide bonds. The molecule has 1 aromatic carbocycles. The van der Waals surface area contributed by atoms with Crippen LogP contribution in [-0.4, -0.2) is 51.9 Å². The highest BCUT2D eigenvalue weighted by Crippen LogP contribution is 2.18. The van der Waals surface area contributed by atoms with Crippen LogP contribution >= 0.6 is 0 Å². The Hall–Kier alpha value is -3.35. The maximum Gasteiger partial charge on any atom is 0.317 e. The number of aromatic nitrogens is 3. The quantitative estimate of drug-likeness (QED) is 0.744. The van der Waals surface area contributed by atoms with Crippen molar-refractivity contribution < 1.29 is 4.79 Å². The summed E-state index contributed by atoms with van der Waals surface area (Å²) in [6, 6.07) is 15.9. The van der Waals surface area contributed by atoms with Crippen molar-refractivity contribution in [2.75, 3.05) is 31.1 Å². The Kier molecular flexibility index (Phi) is 5.46. The maximum atomic E-state index is 12.7. The largest absolute Gasteiger partial charge is 0.353 e. The monoisotopic (exact) mass is 390 g/mol. The van der Waals surface area contributed by atoms with Crippen molar-refractivity contribution in [2.24, 2.45) is 0 Å². The summed E-state index contributed by atoms with van der Waals surface area (Å²) in [6.07, 6.45) is 1.80. The van der Waals surface area contributed by atoms with E-state index >= 15 is 0 Å². The maximum absolute atomic E-state index is 12.7. The van der Waals surface area contributed by atoms with Gasteiger partial charge in [0.2, 0.25) is 0 Å². The zero-order valence-corrected chi connectivity index (χ0v) is 16.9. The summed E-state index contributed by atoms with van der Waals surface area (Å²) in [5.41, 5.74) is 4.08. The minimum Gasteiger partial charge on any atom is -0.353 e. The molecule has 0 saturated carbocycles. The first-order chi connectivity index (χ1) is 14.1. The molecular formula is C22H26N6O. The molecule has 2 aromatic heterocycles. The Bertz CT molecular complexity index is 962. The van der Waals surface area contributed by atoms with Gasteiger partial charge in [-0.15, -0.1) is 0 Å². The Morgan fingerprint density at radius 3 is 2.41 bits per heavy atom. The molecule has 3 heterocycles. The van der Waals surface area contributed by atoms with E-state index in [9.17, 15) is 4.79 Å². The number of amides is 2. The average molecular weight is 390 g/mol. The van der Waals surface area contributed by atoms with Gasteiger partial charge < -0.3 is 15.1 Å². The molecule has 1 aliphatic rings. The number of benzene rings is 1. The predicted molar refractivity (Wildman–Crippen MR) is 113 cm³/mol. The lowest BCUT2D eigenvalue weighted by molar-refractivity contribution is 0.194. The van der Waals surface area contributed by atoms with Gasteiger partial charge in [0, 0.05) is 50.2 Å². The second kappa shape index (κ2) is 8.34. The van der Waals surface area contributed by atoms with Crippen LogP contribution in [0.2, 0.25) is 0 Å². The van der Waals surface area contributed by atoms with Crippen molar-refractivity contribution in [3.63, 3.8) is 0 Å². The molecule has 7 heteroatoms. The second-order valence-electron chi connectivity index (χ2n) is 7.22. The van der Waals surface area contributed by atoms with E-state index in [0.717, 1.165) is 41.5 Å². The highest BCUT2D eigenvalue weighted by atomic mass is 16.2. The van der Waals surface area contributed by atoms with Gasteiger partial charge in [-0.05, 0) is 38.1 Å². The molecule has 1 saturated heterocycles. The van der Waals surface area contributed by atoms with Crippen molar-refractivity contribution in [1.29, 1.82) is 0 Å².